The topological polar surface area (TPSA) is 29.9 Å². The molecule has 0 atom stereocenters. The lowest BCUT2D eigenvalue weighted by molar-refractivity contribution is 0.603. The van der Waals surface area contributed by atoms with E-state index in [2.05, 4.69) is 49.9 Å². The van der Waals surface area contributed by atoms with Crippen molar-refractivity contribution in [1.29, 1.82) is 0 Å². The third-order valence-electron chi connectivity index (χ3n) is 3.27. The van der Waals surface area contributed by atoms with E-state index in [-0.39, 0.29) is 0 Å². The summed E-state index contributed by atoms with van der Waals surface area (Å²) in [5, 5.41) is 7.93. The molecule has 0 aliphatic rings. The van der Waals surface area contributed by atoms with Crippen LogP contribution in [-0.4, -0.2) is 16.1 Å². The van der Waals surface area contributed by atoms with Gasteiger partial charge in [0.05, 0.1) is 6.04 Å². The van der Waals surface area contributed by atoms with Crippen LogP contribution in [0.2, 0.25) is 0 Å². The van der Waals surface area contributed by atoms with Crippen molar-refractivity contribution in [3.05, 3.63) is 63.0 Å². The Morgan fingerprint density at radius 2 is 1.90 bits per heavy atom. The van der Waals surface area contributed by atoms with Gasteiger partial charge in [-0.05, 0) is 22.9 Å². The second-order valence-corrected chi connectivity index (χ2v) is 6.58. The number of rotatable bonds is 6. The van der Waals surface area contributed by atoms with E-state index in [0.717, 1.165) is 18.8 Å². The summed E-state index contributed by atoms with van der Waals surface area (Å²) in [4.78, 5) is 7.10. The Hall–Kier alpha value is -1.43. The number of imidazole rings is 1. The molecule has 0 radical (unpaired) electrons. The van der Waals surface area contributed by atoms with Gasteiger partial charge in [0.25, 0.3) is 0 Å². The van der Waals surface area contributed by atoms with Crippen molar-refractivity contribution < 1.29 is 0 Å². The number of hydrogen-bond acceptors (Lipinski definition) is 4. The second-order valence-electron chi connectivity index (χ2n) is 4.62. The van der Waals surface area contributed by atoms with Gasteiger partial charge in [0.2, 0.25) is 0 Å². The van der Waals surface area contributed by atoms with Gasteiger partial charge in [-0.15, -0.1) is 22.7 Å². The first-order chi connectivity index (χ1) is 9.84. The summed E-state index contributed by atoms with van der Waals surface area (Å²) >= 11 is 3.61. The molecular weight excluding hydrogens is 286 g/mol. The quantitative estimate of drug-likeness (QED) is 0.756. The molecule has 0 unspecified atom stereocenters. The Bertz CT molecular complexity index is 592. The fraction of sp³-hybridized carbons (Fsp3) is 0.267. The lowest BCUT2D eigenvalue weighted by Gasteiger charge is -2.16. The van der Waals surface area contributed by atoms with E-state index in [1.165, 1.54) is 9.75 Å². The number of thiophene rings is 2. The normalized spacial score (nSPS) is 11.3. The van der Waals surface area contributed by atoms with Gasteiger partial charge >= 0.3 is 0 Å². The molecule has 0 aliphatic heterocycles. The summed E-state index contributed by atoms with van der Waals surface area (Å²) in [6, 6.07) is 8.92. The monoisotopic (exact) mass is 303 g/mol. The van der Waals surface area contributed by atoms with Crippen LogP contribution in [0.15, 0.2) is 47.4 Å². The summed E-state index contributed by atoms with van der Waals surface area (Å²) in [7, 11) is 2.04. The number of aryl methyl sites for hydroxylation is 1. The SMILES string of the molecule is Cn1ccnc1CCNC(c1cccs1)c1cccs1. The third kappa shape index (κ3) is 3.00. The molecule has 3 rings (SSSR count). The van der Waals surface area contributed by atoms with Crippen LogP contribution in [-0.2, 0) is 13.5 Å². The Morgan fingerprint density at radius 3 is 2.40 bits per heavy atom. The average Bonchev–Trinajstić information content (AvgIpc) is 3.18. The second kappa shape index (κ2) is 6.35. The molecule has 0 aromatic carbocycles. The minimum atomic E-state index is 0.301. The number of nitrogens with zero attached hydrogens (tertiary/aromatic N) is 2. The molecule has 1 N–H and O–H groups in total. The van der Waals surface area contributed by atoms with E-state index in [1.807, 2.05) is 19.4 Å². The number of nitrogens with one attached hydrogen (secondary N) is 1. The maximum Gasteiger partial charge on any atom is 0.109 e. The summed E-state index contributed by atoms with van der Waals surface area (Å²) in [6.07, 6.45) is 4.79. The maximum atomic E-state index is 4.37. The predicted octanol–water partition coefficient (Wildman–Crippen LogP) is 3.46. The van der Waals surface area contributed by atoms with Crippen LogP contribution >= 0.6 is 22.7 Å². The van der Waals surface area contributed by atoms with Crippen molar-refractivity contribution >= 4 is 22.7 Å². The van der Waals surface area contributed by atoms with Crippen LogP contribution in [0.5, 0.6) is 0 Å². The summed E-state index contributed by atoms with van der Waals surface area (Å²) in [5.74, 6) is 1.12. The van der Waals surface area contributed by atoms with Gasteiger partial charge in [0.1, 0.15) is 5.82 Å². The van der Waals surface area contributed by atoms with Crippen molar-refractivity contribution in [1.82, 2.24) is 14.9 Å². The number of aromatic nitrogens is 2. The first-order valence-electron chi connectivity index (χ1n) is 6.61. The standard InChI is InChI=1S/C15H17N3S2/c1-18-9-8-16-14(18)6-7-17-15(12-4-2-10-19-12)13-5-3-11-20-13/h2-5,8-11,15,17H,6-7H2,1H3. The van der Waals surface area contributed by atoms with E-state index in [1.54, 1.807) is 22.7 Å². The molecule has 0 saturated heterocycles. The van der Waals surface area contributed by atoms with Gasteiger partial charge in [-0.25, -0.2) is 4.98 Å². The maximum absolute atomic E-state index is 4.37. The highest BCUT2D eigenvalue weighted by atomic mass is 32.1. The van der Waals surface area contributed by atoms with E-state index < -0.39 is 0 Å². The van der Waals surface area contributed by atoms with Gasteiger partial charge in [-0.3, -0.25) is 0 Å². The highest BCUT2D eigenvalue weighted by Gasteiger charge is 2.15. The van der Waals surface area contributed by atoms with E-state index >= 15 is 0 Å². The molecule has 0 aliphatic carbocycles. The Balaban J connectivity index is 1.67. The van der Waals surface area contributed by atoms with Gasteiger partial charge in [0, 0.05) is 42.2 Å². The molecule has 3 aromatic rings. The highest BCUT2D eigenvalue weighted by molar-refractivity contribution is 7.11. The summed E-state index contributed by atoms with van der Waals surface area (Å²) in [6.45, 7) is 0.922. The van der Waals surface area contributed by atoms with Gasteiger partial charge in [-0.1, -0.05) is 12.1 Å². The van der Waals surface area contributed by atoms with E-state index in [0.29, 0.717) is 6.04 Å². The molecule has 0 fully saturated rings. The lowest BCUT2D eigenvalue weighted by atomic mass is 10.2. The average molecular weight is 303 g/mol. The molecule has 3 nitrogen and oxygen atoms in total. The Morgan fingerprint density at radius 1 is 1.20 bits per heavy atom. The third-order valence-corrected chi connectivity index (χ3v) is 5.15. The van der Waals surface area contributed by atoms with Crippen molar-refractivity contribution in [3.63, 3.8) is 0 Å². The molecule has 104 valence electrons. The van der Waals surface area contributed by atoms with Gasteiger partial charge in [0.15, 0.2) is 0 Å². The zero-order chi connectivity index (χ0) is 13.8. The van der Waals surface area contributed by atoms with E-state index in [9.17, 15) is 0 Å². The van der Waals surface area contributed by atoms with Crippen LogP contribution in [0.4, 0.5) is 0 Å². The summed E-state index contributed by atoms with van der Waals surface area (Å²) < 4.78 is 2.08. The largest absolute Gasteiger partial charge is 0.338 e. The fourth-order valence-electron chi connectivity index (χ4n) is 2.22. The van der Waals surface area contributed by atoms with Crippen LogP contribution in [0.25, 0.3) is 0 Å². The molecule has 0 bridgehead atoms. The molecule has 20 heavy (non-hydrogen) atoms. The first kappa shape index (κ1) is 13.5. The predicted molar refractivity (Wildman–Crippen MR) is 85.4 cm³/mol. The zero-order valence-electron chi connectivity index (χ0n) is 11.3. The molecule has 0 saturated carbocycles. The molecule has 0 amide bonds. The Kier molecular flexibility index (Phi) is 4.30. The number of hydrogen-bond donors (Lipinski definition) is 1. The molecule has 3 aromatic heterocycles. The molecule has 5 heteroatoms. The summed E-state index contributed by atoms with van der Waals surface area (Å²) in [5.41, 5.74) is 0. The zero-order valence-corrected chi connectivity index (χ0v) is 13.0. The first-order valence-corrected chi connectivity index (χ1v) is 8.37. The van der Waals surface area contributed by atoms with E-state index in [4.69, 9.17) is 0 Å². The van der Waals surface area contributed by atoms with Crippen molar-refractivity contribution in [2.24, 2.45) is 7.05 Å². The smallest absolute Gasteiger partial charge is 0.109 e. The van der Waals surface area contributed by atoms with Crippen molar-refractivity contribution in [3.8, 4) is 0 Å². The van der Waals surface area contributed by atoms with Gasteiger partial charge in [-0.2, -0.15) is 0 Å². The van der Waals surface area contributed by atoms with Crippen LogP contribution in [0.3, 0.4) is 0 Å². The van der Waals surface area contributed by atoms with Crippen molar-refractivity contribution in [2.75, 3.05) is 6.54 Å². The molecule has 3 heterocycles. The van der Waals surface area contributed by atoms with Crippen LogP contribution < -0.4 is 5.32 Å². The Labute approximate surface area is 126 Å². The van der Waals surface area contributed by atoms with Crippen LogP contribution in [0, 0.1) is 0 Å². The lowest BCUT2D eigenvalue weighted by Crippen LogP contribution is -2.24. The highest BCUT2D eigenvalue weighted by Crippen LogP contribution is 2.28. The molecular formula is C15H17N3S2. The minimum absolute atomic E-state index is 0.301. The van der Waals surface area contributed by atoms with Crippen LogP contribution in [0.1, 0.15) is 21.6 Å². The fourth-order valence-corrected chi connectivity index (χ4v) is 3.93. The van der Waals surface area contributed by atoms with Crippen molar-refractivity contribution in [2.45, 2.75) is 12.5 Å². The molecule has 0 spiro atoms. The van der Waals surface area contributed by atoms with Gasteiger partial charge < -0.3 is 9.88 Å². The minimum Gasteiger partial charge on any atom is -0.338 e.